The molecule has 0 radical (unpaired) electrons. The Kier molecular flexibility index (Phi) is 4.68. The number of hydrogen-bond donors (Lipinski definition) is 3. The van der Waals surface area contributed by atoms with Crippen molar-refractivity contribution in [2.24, 2.45) is 0 Å². The number of nitro groups is 1. The normalized spacial score (nSPS) is 10.2. The predicted molar refractivity (Wildman–Crippen MR) is 60.9 cm³/mol. The van der Waals surface area contributed by atoms with Crippen molar-refractivity contribution >= 4 is 11.4 Å². The van der Waals surface area contributed by atoms with Gasteiger partial charge in [0, 0.05) is 12.7 Å². The molecule has 1 aromatic carbocycles. The van der Waals surface area contributed by atoms with Gasteiger partial charge in [0.2, 0.25) is 0 Å². The summed E-state index contributed by atoms with van der Waals surface area (Å²) in [6.45, 7) is -0.350. The van der Waals surface area contributed by atoms with Crippen LogP contribution in [0, 0.1) is 10.1 Å². The summed E-state index contributed by atoms with van der Waals surface area (Å²) < 4.78 is 5.17. The van der Waals surface area contributed by atoms with Gasteiger partial charge in [0.25, 0.3) is 5.69 Å². The first-order chi connectivity index (χ1) is 8.11. The molecule has 0 aliphatic heterocycles. The number of ether oxygens (including phenoxy) is 1. The first-order valence-corrected chi connectivity index (χ1v) is 5.02. The van der Waals surface area contributed by atoms with Crippen LogP contribution in [-0.2, 0) is 6.42 Å². The fraction of sp³-hybridized carbons (Fsp3) is 0.400. The van der Waals surface area contributed by atoms with E-state index in [0.717, 1.165) is 0 Å². The Morgan fingerprint density at radius 1 is 1.35 bits per heavy atom. The van der Waals surface area contributed by atoms with E-state index in [-0.39, 0.29) is 43.4 Å². The number of nitrogens with two attached hydrogens (primary N) is 1. The Hall–Kier alpha value is -1.86. The van der Waals surface area contributed by atoms with Crippen LogP contribution in [0.4, 0.5) is 11.4 Å². The number of hydrogen-bond acceptors (Lipinski definition) is 6. The zero-order chi connectivity index (χ0) is 12.8. The lowest BCUT2D eigenvalue weighted by Crippen LogP contribution is -2.08. The van der Waals surface area contributed by atoms with Gasteiger partial charge >= 0.3 is 0 Å². The first-order valence-electron chi connectivity index (χ1n) is 5.02. The molecule has 17 heavy (non-hydrogen) atoms. The van der Waals surface area contributed by atoms with Crippen molar-refractivity contribution in [3.63, 3.8) is 0 Å². The topological polar surface area (TPSA) is 119 Å². The second-order valence-electron chi connectivity index (χ2n) is 3.29. The quantitative estimate of drug-likeness (QED) is 0.369. The van der Waals surface area contributed by atoms with Crippen molar-refractivity contribution in [2.75, 3.05) is 25.6 Å². The van der Waals surface area contributed by atoms with Crippen LogP contribution in [0.25, 0.3) is 0 Å². The standard InChI is InChI=1S/C10H14N2O5/c11-9-8(12(15)16)2-1-7(3-4-13)10(9)17-6-5-14/h1-2,13-14H,3-6,11H2. The number of aliphatic hydroxyl groups is 2. The Balaban J connectivity index is 3.16. The molecule has 7 nitrogen and oxygen atoms in total. The summed E-state index contributed by atoms with van der Waals surface area (Å²) in [5.74, 6) is 0.155. The van der Waals surface area contributed by atoms with Gasteiger partial charge in [0.15, 0.2) is 11.4 Å². The molecule has 0 aliphatic carbocycles. The van der Waals surface area contributed by atoms with E-state index in [1.165, 1.54) is 12.1 Å². The molecule has 0 amide bonds. The van der Waals surface area contributed by atoms with E-state index in [1.807, 2.05) is 0 Å². The van der Waals surface area contributed by atoms with Crippen LogP contribution >= 0.6 is 0 Å². The van der Waals surface area contributed by atoms with Crippen LogP contribution in [0.5, 0.6) is 5.75 Å². The molecule has 0 spiro atoms. The SMILES string of the molecule is Nc1c([N+](=O)[O-])ccc(CCO)c1OCCO. The van der Waals surface area contributed by atoms with Crippen LogP contribution in [0.3, 0.4) is 0 Å². The molecule has 0 unspecified atom stereocenters. The maximum absolute atomic E-state index is 10.7. The third kappa shape index (κ3) is 3.05. The van der Waals surface area contributed by atoms with Crippen molar-refractivity contribution in [1.29, 1.82) is 0 Å². The van der Waals surface area contributed by atoms with Crippen molar-refractivity contribution in [3.05, 3.63) is 27.8 Å². The lowest BCUT2D eigenvalue weighted by atomic mass is 10.1. The Labute approximate surface area is 97.6 Å². The van der Waals surface area contributed by atoms with E-state index in [2.05, 4.69) is 0 Å². The van der Waals surface area contributed by atoms with E-state index < -0.39 is 4.92 Å². The number of anilines is 1. The predicted octanol–water partition coefficient (Wildman–Crippen LogP) is 0.0829. The van der Waals surface area contributed by atoms with Gasteiger partial charge < -0.3 is 20.7 Å². The summed E-state index contributed by atoms with van der Waals surface area (Å²) >= 11 is 0. The molecule has 0 fully saturated rings. The van der Waals surface area contributed by atoms with E-state index >= 15 is 0 Å². The van der Waals surface area contributed by atoms with Gasteiger partial charge in [-0.3, -0.25) is 10.1 Å². The molecule has 7 heteroatoms. The summed E-state index contributed by atoms with van der Waals surface area (Å²) in [7, 11) is 0. The number of nitrogens with zero attached hydrogens (tertiary/aromatic N) is 1. The maximum Gasteiger partial charge on any atom is 0.295 e. The Morgan fingerprint density at radius 3 is 2.59 bits per heavy atom. The van der Waals surface area contributed by atoms with E-state index in [9.17, 15) is 10.1 Å². The third-order valence-electron chi connectivity index (χ3n) is 2.17. The highest BCUT2D eigenvalue weighted by Gasteiger charge is 2.19. The van der Waals surface area contributed by atoms with Gasteiger partial charge in [-0.2, -0.15) is 0 Å². The van der Waals surface area contributed by atoms with E-state index in [0.29, 0.717) is 5.56 Å². The molecule has 0 saturated heterocycles. The van der Waals surface area contributed by atoms with Gasteiger partial charge in [0.1, 0.15) is 6.61 Å². The molecule has 1 rings (SSSR count). The highest BCUT2D eigenvalue weighted by Crippen LogP contribution is 2.35. The average Bonchev–Trinajstić information content (AvgIpc) is 2.28. The van der Waals surface area contributed by atoms with Gasteiger partial charge in [-0.1, -0.05) is 0 Å². The average molecular weight is 242 g/mol. The molecule has 94 valence electrons. The van der Waals surface area contributed by atoms with Gasteiger partial charge in [0.05, 0.1) is 11.5 Å². The number of nitro benzene ring substituents is 1. The van der Waals surface area contributed by atoms with Crippen LogP contribution in [0.1, 0.15) is 5.56 Å². The van der Waals surface area contributed by atoms with Gasteiger partial charge in [-0.25, -0.2) is 0 Å². The molecule has 0 heterocycles. The smallest absolute Gasteiger partial charge is 0.295 e. The molecule has 1 aromatic rings. The highest BCUT2D eigenvalue weighted by atomic mass is 16.6. The fourth-order valence-corrected chi connectivity index (χ4v) is 1.43. The van der Waals surface area contributed by atoms with Gasteiger partial charge in [-0.15, -0.1) is 0 Å². The molecule has 0 aromatic heterocycles. The van der Waals surface area contributed by atoms with Gasteiger partial charge in [-0.05, 0) is 18.1 Å². The number of rotatable bonds is 6. The second kappa shape index (κ2) is 6.02. The molecule has 0 atom stereocenters. The minimum Gasteiger partial charge on any atom is -0.488 e. The molecule has 0 saturated carbocycles. The van der Waals surface area contributed by atoms with E-state index in [1.54, 1.807) is 0 Å². The minimum absolute atomic E-state index is 0.0101. The van der Waals surface area contributed by atoms with E-state index in [4.69, 9.17) is 20.7 Å². The lowest BCUT2D eigenvalue weighted by Gasteiger charge is -2.12. The summed E-state index contributed by atoms with van der Waals surface area (Å²) in [4.78, 5) is 10.1. The lowest BCUT2D eigenvalue weighted by molar-refractivity contribution is -0.384. The maximum atomic E-state index is 10.7. The van der Waals surface area contributed by atoms with Crippen LogP contribution in [0.15, 0.2) is 12.1 Å². The first kappa shape index (κ1) is 13.2. The van der Waals surface area contributed by atoms with Crippen molar-refractivity contribution < 1.29 is 19.9 Å². The highest BCUT2D eigenvalue weighted by molar-refractivity contribution is 5.69. The summed E-state index contributed by atoms with van der Waals surface area (Å²) in [5, 5.41) is 28.2. The van der Waals surface area contributed by atoms with Crippen LogP contribution < -0.4 is 10.5 Å². The molecular formula is C10H14N2O5. The molecular weight excluding hydrogens is 228 g/mol. The molecule has 0 bridgehead atoms. The number of benzene rings is 1. The van der Waals surface area contributed by atoms with Crippen molar-refractivity contribution in [2.45, 2.75) is 6.42 Å². The third-order valence-corrected chi connectivity index (χ3v) is 2.17. The zero-order valence-corrected chi connectivity index (χ0v) is 9.13. The minimum atomic E-state index is -0.607. The summed E-state index contributed by atoms with van der Waals surface area (Å²) in [5.41, 5.74) is 5.86. The number of nitrogen functional groups attached to an aromatic ring is 1. The molecule has 4 N–H and O–H groups in total. The van der Waals surface area contributed by atoms with Crippen LogP contribution in [-0.4, -0.2) is 35.0 Å². The van der Waals surface area contributed by atoms with Crippen molar-refractivity contribution in [1.82, 2.24) is 0 Å². The molecule has 0 aliphatic rings. The largest absolute Gasteiger partial charge is 0.488 e. The second-order valence-corrected chi connectivity index (χ2v) is 3.29. The van der Waals surface area contributed by atoms with Crippen LogP contribution in [0.2, 0.25) is 0 Å². The Bertz CT molecular complexity index is 408. The monoisotopic (exact) mass is 242 g/mol. The zero-order valence-electron chi connectivity index (χ0n) is 9.13. The summed E-state index contributed by atoms with van der Waals surface area (Å²) in [6.07, 6.45) is 0.281. The van der Waals surface area contributed by atoms with Crippen molar-refractivity contribution in [3.8, 4) is 5.75 Å². The fourth-order valence-electron chi connectivity index (χ4n) is 1.43. The number of aliphatic hydroxyl groups excluding tert-OH is 2. The summed E-state index contributed by atoms with van der Waals surface area (Å²) in [6, 6.07) is 2.75. The Morgan fingerprint density at radius 2 is 2.06 bits per heavy atom.